The zero-order valence-corrected chi connectivity index (χ0v) is 20.3. The highest BCUT2D eigenvalue weighted by atomic mass is 32.1. The van der Waals surface area contributed by atoms with E-state index < -0.39 is 5.69 Å². The molecule has 2 aromatic carbocycles. The minimum atomic E-state index is -0.524. The molecule has 0 spiro atoms. The van der Waals surface area contributed by atoms with Crippen molar-refractivity contribution in [1.82, 2.24) is 14.0 Å². The van der Waals surface area contributed by atoms with Gasteiger partial charge in [-0.2, -0.15) is 0 Å². The maximum atomic E-state index is 13.5. The van der Waals surface area contributed by atoms with Crippen molar-refractivity contribution in [3.05, 3.63) is 91.7 Å². The normalized spacial score (nSPS) is 14.0. The fourth-order valence-corrected chi connectivity index (χ4v) is 5.47. The van der Waals surface area contributed by atoms with Crippen molar-refractivity contribution in [3.63, 3.8) is 0 Å². The third-order valence-electron chi connectivity index (χ3n) is 6.34. The first-order valence-electron chi connectivity index (χ1n) is 11.4. The van der Waals surface area contributed by atoms with E-state index in [-0.39, 0.29) is 23.8 Å². The second-order valence-electron chi connectivity index (χ2n) is 8.83. The molecule has 1 aliphatic heterocycles. The Hall–Kier alpha value is -3.72. The van der Waals surface area contributed by atoms with Gasteiger partial charge in [0.2, 0.25) is 5.91 Å². The number of thiophene rings is 1. The number of anilines is 1. The van der Waals surface area contributed by atoms with Crippen molar-refractivity contribution in [2.24, 2.45) is 0 Å². The smallest absolute Gasteiger partial charge is 0.336 e. The maximum Gasteiger partial charge on any atom is 0.336 e. The van der Waals surface area contributed by atoms with Gasteiger partial charge in [-0.25, -0.2) is 13.8 Å². The maximum absolute atomic E-state index is 13.5. The standard InChI is InChI=1S/C26H25FN4O3S/c1-17-13-18(2)15-21(14-17)31-25(33)24-22(7-12-35-24)30(26(31)34)16-23(32)29-10-8-28(9-11-29)20-5-3-19(27)4-6-20/h3-7,12-15H,8-11,16H2,1-2H3. The molecule has 0 radical (unpaired) electrons. The molecule has 1 aliphatic rings. The molecular formula is C26H25FN4O3S. The summed E-state index contributed by atoms with van der Waals surface area (Å²) in [6.45, 7) is 5.90. The lowest BCUT2D eigenvalue weighted by Crippen LogP contribution is -2.50. The van der Waals surface area contributed by atoms with Crippen molar-refractivity contribution in [2.75, 3.05) is 31.1 Å². The van der Waals surface area contributed by atoms with Crippen LogP contribution in [0, 0.1) is 19.7 Å². The van der Waals surface area contributed by atoms with Crippen LogP contribution >= 0.6 is 11.3 Å². The quantitative estimate of drug-likeness (QED) is 0.438. The van der Waals surface area contributed by atoms with Crippen LogP contribution in [0.5, 0.6) is 0 Å². The van der Waals surface area contributed by atoms with Gasteiger partial charge >= 0.3 is 5.69 Å². The highest BCUT2D eigenvalue weighted by Gasteiger charge is 2.24. The van der Waals surface area contributed by atoms with Gasteiger partial charge < -0.3 is 9.80 Å². The minimum absolute atomic E-state index is 0.145. The summed E-state index contributed by atoms with van der Waals surface area (Å²) >= 11 is 1.26. The number of carbonyl (C=O) groups excluding carboxylic acids is 1. The second kappa shape index (κ2) is 9.14. The lowest BCUT2D eigenvalue weighted by atomic mass is 10.1. The first kappa shape index (κ1) is 23.0. The molecule has 9 heteroatoms. The zero-order valence-electron chi connectivity index (χ0n) is 19.5. The van der Waals surface area contributed by atoms with Crippen molar-refractivity contribution in [1.29, 1.82) is 0 Å². The number of halogens is 1. The first-order valence-corrected chi connectivity index (χ1v) is 12.3. The van der Waals surface area contributed by atoms with E-state index >= 15 is 0 Å². The fourth-order valence-electron chi connectivity index (χ4n) is 4.65. The average molecular weight is 493 g/mol. The predicted octanol–water partition coefficient (Wildman–Crippen LogP) is 3.32. The number of hydrogen-bond acceptors (Lipinski definition) is 5. The van der Waals surface area contributed by atoms with Gasteiger partial charge in [-0.1, -0.05) is 6.07 Å². The third-order valence-corrected chi connectivity index (χ3v) is 7.23. The van der Waals surface area contributed by atoms with Crippen LogP contribution in [0.3, 0.4) is 0 Å². The van der Waals surface area contributed by atoms with Crippen LogP contribution in [0.25, 0.3) is 15.9 Å². The molecule has 0 bridgehead atoms. The lowest BCUT2D eigenvalue weighted by molar-refractivity contribution is -0.132. The Labute approximate surface area is 205 Å². The first-order chi connectivity index (χ1) is 16.8. The van der Waals surface area contributed by atoms with Crippen LogP contribution in [-0.2, 0) is 11.3 Å². The second-order valence-corrected chi connectivity index (χ2v) is 9.75. The number of piperazine rings is 1. The number of hydrogen-bond donors (Lipinski definition) is 0. The summed E-state index contributed by atoms with van der Waals surface area (Å²) < 4.78 is 16.2. The Bertz CT molecular complexity index is 1510. The zero-order chi connectivity index (χ0) is 24.7. The molecule has 180 valence electrons. The molecule has 0 unspecified atom stereocenters. The monoisotopic (exact) mass is 492 g/mol. The van der Waals surface area contributed by atoms with E-state index in [4.69, 9.17) is 0 Å². The Morgan fingerprint density at radius 2 is 1.57 bits per heavy atom. The number of rotatable bonds is 4. The van der Waals surface area contributed by atoms with Crippen molar-refractivity contribution in [2.45, 2.75) is 20.4 Å². The molecule has 0 atom stereocenters. The molecule has 35 heavy (non-hydrogen) atoms. The van der Waals surface area contributed by atoms with Gasteiger partial charge in [0.1, 0.15) is 17.1 Å². The summed E-state index contributed by atoms with van der Waals surface area (Å²) in [6, 6.07) is 13.6. The highest BCUT2D eigenvalue weighted by Crippen LogP contribution is 2.19. The molecule has 5 rings (SSSR count). The Kier molecular flexibility index (Phi) is 6.02. The fraction of sp³-hybridized carbons (Fsp3) is 0.269. The summed E-state index contributed by atoms with van der Waals surface area (Å²) in [6.07, 6.45) is 0. The summed E-state index contributed by atoms with van der Waals surface area (Å²) in [7, 11) is 0. The number of amides is 1. The number of carbonyl (C=O) groups is 1. The Morgan fingerprint density at radius 1 is 0.914 bits per heavy atom. The SMILES string of the molecule is Cc1cc(C)cc(-n2c(=O)c3sccc3n(CC(=O)N3CCN(c4ccc(F)cc4)CC3)c2=O)c1. The van der Waals surface area contributed by atoms with Crippen molar-refractivity contribution < 1.29 is 9.18 Å². The van der Waals surface area contributed by atoms with Gasteiger partial charge in [-0.15, -0.1) is 11.3 Å². The third kappa shape index (κ3) is 4.39. The Morgan fingerprint density at radius 3 is 2.23 bits per heavy atom. The lowest BCUT2D eigenvalue weighted by Gasteiger charge is -2.36. The summed E-state index contributed by atoms with van der Waals surface area (Å²) in [5, 5.41) is 1.76. The van der Waals surface area contributed by atoms with Gasteiger partial charge in [-0.05, 0) is 72.8 Å². The van der Waals surface area contributed by atoms with E-state index in [2.05, 4.69) is 4.90 Å². The minimum Gasteiger partial charge on any atom is -0.368 e. The number of aromatic nitrogens is 2. The van der Waals surface area contributed by atoms with Crippen LogP contribution in [-0.4, -0.2) is 46.1 Å². The van der Waals surface area contributed by atoms with Crippen LogP contribution in [0.15, 0.2) is 63.5 Å². The van der Waals surface area contributed by atoms with E-state index in [9.17, 15) is 18.8 Å². The van der Waals surface area contributed by atoms with Gasteiger partial charge in [-0.3, -0.25) is 14.2 Å². The molecule has 1 amide bonds. The highest BCUT2D eigenvalue weighted by molar-refractivity contribution is 7.17. The molecule has 0 saturated carbocycles. The molecule has 2 aromatic heterocycles. The number of fused-ring (bicyclic) bond motifs is 1. The average Bonchev–Trinajstić information content (AvgIpc) is 3.32. The topological polar surface area (TPSA) is 67.6 Å². The molecule has 4 aromatic rings. The summed E-state index contributed by atoms with van der Waals surface area (Å²) in [5.74, 6) is -0.459. The van der Waals surface area contributed by atoms with Crippen LogP contribution in [0.2, 0.25) is 0 Å². The van der Waals surface area contributed by atoms with Gasteiger partial charge in [0.25, 0.3) is 5.56 Å². The van der Waals surface area contributed by atoms with Crippen LogP contribution in [0.4, 0.5) is 10.1 Å². The predicted molar refractivity (Wildman–Crippen MR) is 136 cm³/mol. The van der Waals surface area contributed by atoms with Crippen LogP contribution < -0.4 is 16.1 Å². The van der Waals surface area contributed by atoms with E-state index in [1.807, 2.05) is 19.9 Å². The van der Waals surface area contributed by atoms with Gasteiger partial charge in [0.15, 0.2) is 0 Å². The molecule has 1 fully saturated rings. The van der Waals surface area contributed by atoms with Gasteiger partial charge in [0.05, 0.1) is 11.2 Å². The van der Waals surface area contributed by atoms with E-state index in [0.29, 0.717) is 42.1 Å². The molecule has 1 saturated heterocycles. The van der Waals surface area contributed by atoms with E-state index in [1.54, 1.807) is 40.6 Å². The number of benzene rings is 2. The van der Waals surface area contributed by atoms with Crippen molar-refractivity contribution >= 4 is 33.1 Å². The van der Waals surface area contributed by atoms with Gasteiger partial charge in [0, 0.05) is 31.9 Å². The van der Waals surface area contributed by atoms with E-state index in [0.717, 1.165) is 16.8 Å². The summed E-state index contributed by atoms with van der Waals surface area (Å²) in [4.78, 5) is 43.8. The van der Waals surface area contributed by atoms with Crippen molar-refractivity contribution in [3.8, 4) is 5.69 Å². The molecule has 7 nitrogen and oxygen atoms in total. The largest absolute Gasteiger partial charge is 0.368 e. The van der Waals surface area contributed by atoms with E-state index in [1.165, 1.54) is 32.6 Å². The molecule has 0 aliphatic carbocycles. The molecule has 0 N–H and O–H groups in total. The number of nitrogens with zero attached hydrogens (tertiary/aromatic N) is 4. The summed E-state index contributed by atoms with van der Waals surface area (Å²) in [5.41, 5.74) is 2.88. The van der Waals surface area contributed by atoms with Crippen LogP contribution in [0.1, 0.15) is 11.1 Å². The number of aryl methyl sites for hydroxylation is 2. The molecule has 3 heterocycles. The molecular weight excluding hydrogens is 467 g/mol. The Balaban J connectivity index is 1.43.